The molecule has 6 nitrogen and oxygen atoms in total. The van der Waals surface area contributed by atoms with Crippen LogP contribution in [0, 0.1) is 0 Å². The molecule has 1 aromatic carbocycles. The number of carbonyl (C=O) groups excluding carboxylic acids is 2. The average Bonchev–Trinajstić information content (AvgIpc) is 3.02. The molecule has 0 bridgehead atoms. The lowest BCUT2D eigenvalue weighted by molar-refractivity contribution is 0.00663. The highest BCUT2D eigenvalue weighted by atomic mass is 32.2. The fourth-order valence-corrected chi connectivity index (χ4v) is 3.08. The van der Waals surface area contributed by atoms with Crippen molar-refractivity contribution in [2.45, 2.75) is 44.7 Å². The van der Waals surface area contributed by atoms with Crippen LogP contribution in [0.25, 0.3) is 11.3 Å². The van der Waals surface area contributed by atoms with E-state index in [9.17, 15) is 9.59 Å². The molecule has 140 valence electrons. The van der Waals surface area contributed by atoms with Gasteiger partial charge in [0.1, 0.15) is 16.2 Å². The zero-order valence-corrected chi connectivity index (χ0v) is 16.5. The lowest BCUT2D eigenvalue weighted by atomic mass is 10.1. The molecule has 0 atom stereocenters. The molecular formula is C19H24N2O4S. The van der Waals surface area contributed by atoms with Gasteiger partial charge in [-0.05, 0) is 45.1 Å². The molecular weight excluding hydrogens is 352 g/mol. The Kier molecular flexibility index (Phi) is 6.47. The number of methoxy groups -OCH3 is 1. The first-order valence-electron chi connectivity index (χ1n) is 8.40. The molecule has 0 aliphatic rings. The van der Waals surface area contributed by atoms with E-state index in [0.29, 0.717) is 21.8 Å². The van der Waals surface area contributed by atoms with E-state index in [-0.39, 0.29) is 0 Å². The van der Waals surface area contributed by atoms with Gasteiger partial charge in [-0.15, -0.1) is 11.8 Å². The van der Waals surface area contributed by atoms with Gasteiger partial charge in [-0.25, -0.2) is 9.59 Å². The number of carbonyl (C=O) groups is 2. The summed E-state index contributed by atoms with van der Waals surface area (Å²) in [6, 6.07) is 6.81. The topological polar surface area (TPSA) is 81.3 Å². The molecule has 0 saturated carbocycles. The van der Waals surface area contributed by atoms with Gasteiger partial charge in [0.25, 0.3) is 0 Å². The van der Waals surface area contributed by atoms with Gasteiger partial charge in [0.15, 0.2) is 0 Å². The van der Waals surface area contributed by atoms with Gasteiger partial charge >= 0.3 is 11.9 Å². The van der Waals surface area contributed by atoms with Crippen molar-refractivity contribution in [3.8, 4) is 11.3 Å². The van der Waals surface area contributed by atoms with Gasteiger partial charge in [0, 0.05) is 5.56 Å². The molecule has 0 spiro atoms. The van der Waals surface area contributed by atoms with Crippen LogP contribution >= 0.6 is 11.8 Å². The number of benzene rings is 1. The number of rotatable bonds is 6. The van der Waals surface area contributed by atoms with Crippen molar-refractivity contribution in [1.29, 1.82) is 0 Å². The second-order valence-electron chi connectivity index (χ2n) is 6.70. The summed E-state index contributed by atoms with van der Waals surface area (Å²) in [6.45, 7) is 7.55. The third-order valence-electron chi connectivity index (χ3n) is 3.37. The standard InChI is InChI=1S/C19H24N2O4S/c1-6-11-26-16-14(18(23)25-19(2,3)4)15(20-21-16)12-7-9-13(10-8-12)17(22)24-5/h7-10H,6,11H2,1-5H3,(H,20,21). The number of hydrogen-bond acceptors (Lipinski definition) is 6. The minimum absolute atomic E-state index is 0.410. The van der Waals surface area contributed by atoms with E-state index in [2.05, 4.69) is 17.1 Å². The molecule has 7 heteroatoms. The summed E-state index contributed by atoms with van der Waals surface area (Å²) in [4.78, 5) is 24.3. The Hall–Kier alpha value is -2.28. The molecule has 1 N–H and O–H groups in total. The first-order chi connectivity index (χ1) is 12.3. The summed E-state index contributed by atoms with van der Waals surface area (Å²) in [5, 5.41) is 7.86. The molecule has 0 amide bonds. The summed E-state index contributed by atoms with van der Waals surface area (Å²) in [7, 11) is 1.34. The predicted molar refractivity (Wildman–Crippen MR) is 102 cm³/mol. The summed E-state index contributed by atoms with van der Waals surface area (Å²) in [6.07, 6.45) is 0.967. The quantitative estimate of drug-likeness (QED) is 0.597. The monoisotopic (exact) mass is 376 g/mol. The maximum Gasteiger partial charge on any atom is 0.343 e. The van der Waals surface area contributed by atoms with E-state index in [1.54, 1.807) is 24.3 Å². The normalized spacial score (nSPS) is 11.3. The van der Waals surface area contributed by atoms with Crippen LogP contribution < -0.4 is 0 Å². The van der Waals surface area contributed by atoms with Gasteiger partial charge in [-0.1, -0.05) is 19.1 Å². The van der Waals surface area contributed by atoms with Crippen LogP contribution in [0.3, 0.4) is 0 Å². The van der Waals surface area contributed by atoms with Gasteiger partial charge in [-0.2, -0.15) is 5.10 Å². The Bertz CT molecular complexity index is 776. The molecule has 0 aliphatic heterocycles. The smallest absolute Gasteiger partial charge is 0.343 e. The third kappa shape index (κ3) is 4.88. The summed E-state index contributed by atoms with van der Waals surface area (Å²) >= 11 is 1.51. The van der Waals surface area contributed by atoms with Crippen molar-refractivity contribution in [3.63, 3.8) is 0 Å². The van der Waals surface area contributed by atoms with Crippen molar-refractivity contribution >= 4 is 23.7 Å². The number of nitrogens with zero attached hydrogens (tertiary/aromatic N) is 1. The van der Waals surface area contributed by atoms with Crippen molar-refractivity contribution in [2.24, 2.45) is 0 Å². The number of H-pyrrole nitrogens is 1. The van der Waals surface area contributed by atoms with Gasteiger partial charge in [-0.3, -0.25) is 5.10 Å². The second-order valence-corrected chi connectivity index (χ2v) is 7.78. The van der Waals surface area contributed by atoms with Crippen molar-refractivity contribution < 1.29 is 19.1 Å². The van der Waals surface area contributed by atoms with Crippen LogP contribution in [0.5, 0.6) is 0 Å². The number of thioether (sulfide) groups is 1. The van der Waals surface area contributed by atoms with E-state index < -0.39 is 17.5 Å². The van der Waals surface area contributed by atoms with E-state index in [1.165, 1.54) is 18.9 Å². The molecule has 1 heterocycles. The highest BCUT2D eigenvalue weighted by Crippen LogP contribution is 2.32. The summed E-state index contributed by atoms with van der Waals surface area (Å²) in [5.41, 5.74) is 1.58. The van der Waals surface area contributed by atoms with E-state index in [1.807, 2.05) is 20.8 Å². The first kappa shape index (κ1) is 20.0. The minimum Gasteiger partial charge on any atom is -0.465 e. The predicted octanol–water partition coefficient (Wildman–Crippen LogP) is 4.32. The van der Waals surface area contributed by atoms with Crippen LogP contribution in [0.4, 0.5) is 0 Å². The molecule has 2 rings (SSSR count). The van der Waals surface area contributed by atoms with Gasteiger partial charge < -0.3 is 9.47 Å². The molecule has 0 aliphatic carbocycles. The van der Waals surface area contributed by atoms with E-state index in [4.69, 9.17) is 9.47 Å². The molecule has 0 saturated heterocycles. The highest BCUT2D eigenvalue weighted by molar-refractivity contribution is 7.99. The maximum atomic E-state index is 12.8. The second kappa shape index (κ2) is 8.40. The third-order valence-corrected chi connectivity index (χ3v) is 4.55. The molecule has 1 aromatic heterocycles. The Morgan fingerprint density at radius 1 is 1.15 bits per heavy atom. The Morgan fingerprint density at radius 2 is 1.81 bits per heavy atom. The molecule has 0 radical (unpaired) electrons. The van der Waals surface area contributed by atoms with Crippen LogP contribution in [0.2, 0.25) is 0 Å². The van der Waals surface area contributed by atoms with Crippen LogP contribution in [0.15, 0.2) is 29.3 Å². The Labute approximate surface area is 157 Å². The molecule has 2 aromatic rings. The van der Waals surface area contributed by atoms with Gasteiger partial charge in [0.2, 0.25) is 0 Å². The van der Waals surface area contributed by atoms with E-state index >= 15 is 0 Å². The van der Waals surface area contributed by atoms with Crippen molar-refractivity contribution in [2.75, 3.05) is 12.9 Å². The van der Waals surface area contributed by atoms with Gasteiger partial charge in [0.05, 0.1) is 18.4 Å². The van der Waals surface area contributed by atoms with E-state index in [0.717, 1.165) is 17.7 Å². The fraction of sp³-hybridized carbons (Fsp3) is 0.421. The van der Waals surface area contributed by atoms with Crippen molar-refractivity contribution in [1.82, 2.24) is 10.2 Å². The number of ether oxygens (including phenoxy) is 2. The number of nitrogens with one attached hydrogen (secondary N) is 1. The van der Waals surface area contributed by atoms with Crippen LogP contribution in [-0.4, -0.2) is 40.6 Å². The fourth-order valence-electron chi connectivity index (χ4n) is 2.25. The Morgan fingerprint density at radius 3 is 2.35 bits per heavy atom. The number of aromatic nitrogens is 2. The zero-order chi connectivity index (χ0) is 19.3. The Balaban J connectivity index is 2.42. The summed E-state index contributed by atoms with van der Waals surface area (Å²) in [5.74, 6) is 0.0195. The average molecular weight is 376 g/mol. The SMILES string of the molecule is CCCSc1n[nH]c(-c2ccc(C(=O)OC)cc2)c1C(=O)OC(C)(C)C. The van der Waals surface area contributed by atoms with Crippen molar-refractivity contribution in [3.05, 3.63) is 35.4 Å². The summed E-state index contributed by atoms with van der Waals surface area (Å²) < 4.78 is 10.3. The number of esters is 2. The minimum atomic E-state index is -0.604. The molecule has 26 heavy (non-hydrogen) atoms. The largest absolute Gasteiger partial charge is 0.465 e. The zero-order valence-electron chi connectivity index (χ0n) is 15.7. The van der Waals surface area contributed by atoms with Crippen LogP contribution in [-0.2, 0) is 9.47 Å². The van der Waals surface area contributed by atoms with Crippen LogP contribution in [0.1, 0.15) is 54.8 Å². The maximum absolute atomic E-state index is 12.8. The lowest BCUT2D eigenvalue weighted by Gasteiger charge is -2.19. The number of hydrogen-bond donors (Lipinski definition) is 1. The molecule has 0 fully saturated rings. The number of aromatic amines is 1. The lowest BCUT2D eigenvalue weighted by Crippen LogP contribution is -2.24. The first-order valence-corrected chi connectivity index (χ1v) is 9.38. The highest BCUT2D eigenvalue weighted by Gasteiger charge is 2.27. The molecule has 0 unspecified atom stereocenters.